The summed E-state index contributed by atoms with van der Waals surface area (Å²) in [5, 5.41) is 2.47. The smallest absolute Gasteiger partial charge is 0.415 e. The van der Waals surface area contributed by atoms with Gasteiger partial charge >= 0.3 is 6.09 Å². The Morgan fingerprint density at radius 2 is 2.09 bits per heavy atom. The molecule has 1 rings (SSSR count). The summed E-state index contributed by atoms with van der Waals surface area (Å²) in [6, 6.07) is 1.43. The lowest BCUT2D eigenvalue weighted by Crippen LogP contribution is -2.37. The van der Waals surface area contributed by atoms with Gasteiger partial charge in [-0.05, 0) is 20.8 Å². The van der Waals surface area contributed by atoms with E-state index in [-0.39, 0.29) is 18.1 Å². The largest absolute Gasteiger partial charge is 0.494 e. The van der Waals surface area contributed by atoms with Crippen LogP contribution in [0.1, 0.15) is 31.3 Å². The Labute approximate surface area is 136 Å². The van der Waals surface area contributed by atoms with Crippen LogP contribution in [-0.2, 0) is 4.74 Å². The van der Waals surface area contributed by atoms with E-state index in [2.05, 4.69) is 16.2 Å². The zero-order valence-electron chi connectivity index (χ0n) is 14.0. The Morgan fingerprint density at radius 1 is 1.43 bits per heavy atom. The molecule has 2 amide bonds. The molecule has 0 aliphatic heterocycles. The summed E-state index contributed by atoms with van der Waals surface area (Å²) in [4.78, 5) is 29.2. The second-order valence-electron chi connectivity index (χ2n) is 5.59. The van der Waals surface area contributed by atoms with Crippen LogP contribution in [0.15, 0.2) is 12.3 Å². The molecular weight excluding hydrogens is 298 g/mol. The number of pyridine rings is 1. The summed E-state index contributed by atoms with van der Waals surface area (Å²) in [6.45, 7) is 5.24. The maximum Gasteiger partial charge on any atom is 0.415 e. The third kappa shape index (κ3) is 4.88. The van der Waals surface area contributed by atoms with Gasteiger partial charge in [0.2, 0.25) is 0 Å². The van der Waals surface area contributed by atoms with Crippen molar-refractivity contribution in [1.82, 2.24) is 10.3 Å². The molecule has 1 aromatic heterocycles. The molecule has 7 nitrogen and oxygen atoms in total. The number of hydrogen-bond acceptors (Lipinski definition) is 5. The molecule has 0 aliphatic carbocycles. The lowest BCUT2D eigenvalue weighted by atomic mass is 10.2. The summed E-state index contributed by atoms with van der Waals surface area (Å²) >= 11 is 0. The highest BCUT2D eigenvalue weighted by molar-refractivity contribution is 5.95. The number of rotatable bonds is 4. The van der Waals surface area contributed by atoms with Gasteiger partial charge in [0.25, 0.3) is 5.91 Å². The van der Waals surface area contributed by atoms with E-state index in [1.54, 1.807) is 20.8 Å². The summed E-state index contributed by atoms with van der Waals surface area (Å²) in [5.41, 5.74) is -0.183. The van der Waals surface area contributed by atoms with E-state index >= 15 is 0 Å². The quantitative estimate of drug-likeness (QED) is 0.856. The van der Waals surface area contributed by atoms with E-state index in [0.717, 1.165) is 0 Å². The van der Waals surface area contributed by atoms with Gasteiger partial charge in [-0.1, -0.05) is 5.92 Å². The van der Waals surface area contributed by atoms with Gasteiger partial charge in [0.15, 0.2) is 0 Å². The summed E-state index contributed by atoms with van der Waals surface area (Å²) < 4.78 is 10.6. The molecule has 0 spiro atoms. The second-order valence-corrected chi connectivity index (χ2v) is 5.59. The van der Waals surface area contributed by atoms with E-state index in [4.69, 9.17) is 15.9 Å². The van der Waals surface area contributed by atoms with Crippen LogP contribution in [0.4, 0.5) is 10.5 Å². The number of amides is 2. The molecule has 124 valence electrons. The number of anilines is 1. The number of ether oxygens (including phenoxy) is 2. The van der Waals surface area contributed by atoms with E-state index < -0.39 is 11.7 Å². The van der Waals surface area contributed by atoms with Crippen molar-refractivity contribution in [2.45, 2.75) is 26.4 Å². The fourth-order valence-electron chi connectivity index (χ4n) is 1.70. The Kier molecular flexibility index (Phi) is 5.96. The predicted molar refractivity (Wildman–Crippen MR) is 86.6 cm³/mol. The van der Waals surface area contributed by atoms with Crippen molar-refractivity contribution in [1.29, 1.82) is 0 Å². The van der Waals surface area contributed by atoms with Gasteiger partial charge in [0, 0.05) is 13.1 Å². The van der Waals surface area contributed by atoms with Crippen LogP contribution in [0.5, 0.6) is 5.75 Å². The molecule has 1 aromatic rings. The van der Waals surface area contributed by atoms with Crippen molar-refractivity contribution in [2.24, 2.45) is 0 Å². The molecule has 0 radical (unpaired) electrons. The van der Waals surface area contributed by atoms with Crippen LogP contribution >= 0.6 is 0 Å². The van der Waals surface area contributed by atoms with Crippen LogP contribution in [0, 0.1) is 12.3 Å². The first-order valence-corrected chi connectivity index (χ1v) is 6.93. The Hall–Kier alpha value is -2.75. The molecule has 0 aromatic carbocycles. The lowest BCUT2D eigenvalue weighted by Gasteiger charge is -2.27. The number of terminal acetylenes is 1. The van der Waals surface area contributed by atoms with Gasteiger partial charge in [-0.3, -0.25) is 9.69 Å². The molecule has 0 bridgehead atoms. The fraction of sp³-hybridized carbons (Fsp3) is 0.438. The molecule has 0 unspecified atom stereocenters. The van der Waals surface area contributed by atoms with Crippen LogP contribution in [0.2, 0.25) is 0 Å². The molecule has 1 N–H and O–H groups in total. The van der Waals surface area contributed by atoms with E-state index in [1.807, 2.05) is 0 Å². The second kappa shape index (κ2) is 7.49. The Morgan fingerprint density at radius 3 is 2.57 bits per heavy atom. The number of carbonyl (C=O) groups excluding carboxylic acids is 2. The summed E-state index contributed by atoms with van der Waals surface area (Å²) in [7, 11) is 2.92. The first-order chi connectivity index (χ1) is 10.7. The molecule has 0 saturated heterocycles. The first-order valence-electron chi connectivity index (χ1n) is 6.93. The average molecular weight is 319 g/mol. The van der Waals surface area contributed by atoms with Gasteiger partial charge in [-0.2, -0.15) is 0 Å². The standard InChI is InChI=1S/C16H21N3O4/c1-7-8-19(15(21)23-16(2,3)4)12-10-18-11(14(20)17-5)9-13(12)22-6/h1,9-10H,8H2,2-6H3,(H,17,20). The number of aromatic nitrogens is 1. The molecule has 7 heteroatoms. The Balaban J connectivity index is 3.24. The number of nitrogens with zero attached hydrogens (tertiary/aromatic N) is 2. The predicted octanol–water partition coefficient (Wildman–Crippen LogP) is 1.82. The van der Waals surface area contributed by atoms with Crippen molar-refractivity contribution in [2.75, 3.05) is 25.6 Å². The lowest BCUT2D eigenvalue weighted by molar-refractivity contribution is 0.0584. The van der Waals surface area contributed by atoms with E-state index in [0.29, 0.717) is 11.4 Å². The molecule has 1 heterocycles. The maximum atomic E-state index is 12.3. The zero-order chi connectivity index (χ0) is 17.6. The highest BCUT2D eigenvalue weighted by atomic mass is 16.6. The topological polar surface area (TPSA) is 80.8 Å². The number of nitrogens with one attached hydrogen (secondary N) is 1. The third-order valence-electron chi connectivity index (χ3n) is 2.68. The van der Waals surface area contributed by atoms with Crippen LogP contribution in [0.3, 0.4) is 0 Å². The van der Waals surface area contributed by atoms with Crippen LogP contribution < -0.4 is 15.0 Å². The van der Waals surface area contributed by atoms with Crippen molar-refractivity contribution < 1.29 is 19.1 Å². The van der Waals surface area contributed by atoms with Crippen molar-refractivity contribution in [3.63, 3.8) is 0 Å². The van der Waals surface area contributed by atoms with Crippen molar-refractivity contribution in [3.8, 4) is 18.1 Å². The normalized spacial score (nSPS) is 10.4. The van der Waals surface area contributed by atoms with Gasteiger partial charge in [-0.25, -0.2) is 9.78 Å². The average Bonchev–Trinajstić information content (AvgIpc) is 2.49. The van der Waals surface area contributed by atoms with E-state index in [1.165, 1.54) is 31.3 Å². The molecule has 23 heavy (non-hydrogen) atoms. The summed E-state index contributed by atoms with van der Waals surface area (Å²) in [5.74, 6) is 2.32. The maximum absolute atomic E-state index is 12.3. The van der Waals surface area contributed by atoms with Crippen molar-refractivity contribution in [3.05, 3.63) is 18.0 Å². The van der Waals surface area contributed by atoms with Gasteiger partial charge in [-0.15, -0.1) is 6.42 Å². The van der Waals surface area contributed by atoms with Crippen LogP contribution in [-0.4, -0.2) is 43.3 Å². The molecule has 0 atom stereocenters. The third-order valence-corrected chi connectivity index (χ3v) is 2.68. The van der Waals surface area contributed by atoms with Gasteiger partial charge < -0.3 is 14.8 Å². The highest BCUT2D eigenvalue weighted by Crippen LogP contribution is 2.29. The minimum Gasteiger partial charge on any atom is -0.494 e. The van der Waals surface area contributed by atoms with Crippen molar-refractivity contribution >= 4 is 17.7 Å². The van der Waals surface area contributed by atoms with Crippen LogP contribution in [0.25, 0.3) is 0 Å². The minimum atomic E-state index is -0.674. The minimum absolute atomic E-state index is 0.0216. The van der Waals surface area contributed by atoms with Gasteiger partial charge in [0.05, 0.1) is 19.9 Å². The summed E-state index contributed by atoms with van der Waals surface area (Å²) in [6.07, 6.45) is 6.06. The van der Waals surface area contributed by atoms with Gasteiger partial charge in [0.1, 0.15) is 22.7 Å². The Bertz CT molecular complexity index is 629. The first kappa shape index (κ1) is 18.3. The molecule has 0 fully saturated rings. The highest BCUT2D eigenvalue weighted by Gasteiger charge is 2.26. The van der Waals surface area contributed by atoms with E-state index in [9.17, 15) is 9.59 Å². The number of hydrogen-bond donors (Lipinski definition) is 1. The monoisotopic (exact) mass is 319 g/mol. The number of methoxy groups -OCH3 is 1. The zero-order valence-corrected chi connectivity index (χ0v) is 14.0. The molecular formula is C16H21N3O4. The fourth-order valence-corrected chi connectivity index (χ4v) is 1.70. The molecule has 0 saturated carbocycles. The SMILES string of the molecule is C#CCN(C(=O)OC(C)(C)C)c1cnc(C(=O)NC)cc1OC. The number of carbonyl (C=O) groups is 2. The molecule has 0 aliphatic rings.